The SMILES string of the molecule is COC(=O)CC(NC(=O)C1CC=CCC1)c1ccccc1Cl. The van der Waals surface area contributed by atoms with Crippen molar-refractivity contribution in [2.75, 3.05) is 7.11 Å². The summed E-state index contributed by atoms with van der Waals surface area (Å²) in [6, 6.07) is 6.74. The number of carbonyl (C=O) groups excluding carboxylic acids is 2. The van der Waals surface area contributed by atoms with Crippen LogP contribution in [-0.4, -0.2) is 19.0 Å². The van der Waals surface area contributed by atoms with Crippen molar-refractivity contribution in [1.82, 2.24) is 5.32 Å². The van der Waals surface area contributed by atoms with E-state index in [4.69, 9.17) is 16.3 Å². The fourth-order valence-corrected chi connectivity index (χ4v) is 2.84. The molecule has 2 atom stereocenters. The Morgan fingerprint density at radius 2 is 2.14 bits per heavy atom. The van der Waals surface area contributed by atoms with Gasteiger partial charge in [0.2, 0.25) is 5.91 Å². The molecule has 0 saturated carbocycles. The van der Waals surface area contributed by atoms with Crippen LogP contribution in [0.3, 0.4) is 0 Å². The van der Waals surface area contributed by atoms with Crippen molar-refractivity contribution in [3.05, 3.63) is 47.0 Å². The third-order valence-electron chi connectivity index (χ3n) is 3.84. The van der Waals surface area contributed by atoms with Gasteiger partial charge in [0.15, 0.2) is 0 Å². The average Bonchev–Trinajstić information content (AvgIpc) is 2.55. The van der Waals surface area contributed by atoms with Gasteiger partial charge in [-0.15, -0.1) is 0 Å². The lowest BCUT2D eigenvalue weighted by Crippen LogP contribution is -2.35. The number of methoxy groups -OCH3 is 1. The van der Waals surface area contributed by atoms with E-state index in [9.17, 15) is 9.59 Å². The van der Waals surface area contributed by atoms with Crippen LogP contribution >= 0.6 is 11.6 Å². The predicted molar refractivity (Wildman–Crippen MR) is 85.4 cm³/mol. The first-order valence-corrected chi connectivity index (χ1v) is 7.76. The lowest BCUT2D eigenvalue weighted by Gasteiger charge is -2.23. The molecule has 1 aliphatic rings. The van der Waals surface area contributed by atoms with E-state index in [0.29, 0.717) is 5.02 Å². The van der Waals surface area contributed by atoms with Gasteiger partial charge < -0.3 is 10.1 Å². The van der Waals surface area contributed by atoms with E-state index in [1.807, 2.05) is 24.3 Å². The second-order valence-electron chi connectivity index (χ2n) is 5.34. The molecule has 1 aromatic carbocycles. The van der Waals surface area contributed by atoms with Crippen LogP contribution in [0, 0.1) is 5.92 Å². The largest absolute Gasteiger partial charge is 0.469 e. The molecule has 1 aliphatic carbocycles. The van der Waals surface area contributed by atoms with Crippen molar-refractivity contribution in [2.24, 2.45) is 5.92 Å². The Morgan fingerprint density at radius 3 is 2.77 bits per heavy atom. The zero-order valence-electron chi connectivity index (χ0n) is 12.5. The van der Waals surface area contributed by atoms with Crippen LogP contribution in [0.4, 0.5) is 0 Å². The quantitative estimate of drug-likeness (QED) is 0.668. The molecule has 0 heterocycles. The van der Waals surface area contributed by atoms with Crippen LogP contribution in [0.15, 0.2) is 36.4 Å². The van der Waals surface area contributed by atoms with Gasteiger partial charge in [-0.2, -0.15) is 0 Å². The minimum Gasteiger partial charge on any atom is -0.469 e. The molecule has 0 radical (unpaired) electrons. The maximum atomic E-state index is 12.4. The van der Waals surface area contributed by atoms with Crippen LogP contribution in [0.2, 0.25) is 5.02 Å². The van der Waals surface area contributed by atoms with Crippen molar-refractivity contribution in [3.8, 4) is 0 Å². The smallest absolute Gasteiger partial charge is 0.307 e. The van der Waals surface area contributed by atoms with Gasteiger partial charge in [-0.05, 0) is 30.9 Å². The first-order valence-electron chi connectivity index (χ1n) is 7.38. The lowest BCUT2D eigenvalue weighted by atomic mass is 9.92. The minimum atomic E-state index is -0.473. The van der Waals surface area contributed by atoms with Crippen molar-refractivity contribution in [1.29, 1.82) is 0 Å². The minimum absolute atomic E-state index is 0.0434. The monoisotopic (exact) mass is 321 g/mol. The highest BCUT2D eigenvalue weighted by molar-refractivity contribution is 6.31. The molecule has 0 fully saturated rings. The first-order chi connectivity index (χ1) is 10.6. The Morgan fingerprint density at radius 1 is 1.36 bits per heavy atom. The van der Waals surface area contributed by atoms with Gasteiger partial charge in [0.05, 0.1) is 19.6 Å². The molecule has 2 rings (SSSR count). The number of hydrogen-bond acceptors (Lipinski definition) is 3. The number of carbonyl (C=O) groups is 2. The number of hydrogen-bond donors (Lipinski definition) is 1. The van der Waals surface area contributed by atoms with Crippen molar-refractivity contribution in [2.45, 2.75) is 31.7 Å². The molecule has 1 aromatic rings. The highest BCUT2D eigenvalue weighted by atomic mass is 35.5. The third kappa shape index (κ3) is 4.34. The van der Waals surface area contributed by atoms with Gasteiger partial charge in [0.25, 0.3) is 0 Å². The average molecular weight is 322 g/mol. The molecule has 0 bridgehead atoms. The normalized spacial score (nSPS) is 18.5. The van der Waals surface area contributed by atoms with Crippen LogP contribution in [0.1, 0.15) is 37.3 Å². The highest BCUT2D eigenvalue weighted by Gasteiger charge is 2.25. The van der Waals surface area contributed by atoms with Crippen LogP contribution < -0.4 is 5.32 Å². The van der Waals surface area contributed by atoms with E-state index in [1.165, 1.54) is 7.11 Å². The fourth-order valence-electron chi connectivity index (χ4n) is 2.57. The standard InChI is InChI=1S/C17H20ClNO3/c1-22-16(20)11-15(13-9-5-6-10-14(13)18)19-17(21)12-7-3-2-4-8-12/h2-3,5-6,9-10,12,15H,4,7-8,11H2,1H3,(H,19,21). The van der Waals surface area contributed by atoms with Crippen molar-refractivity contribution < 1.29 is 14.3 Å². The van der Waals surface area contributed by atoms with Gasteiger partial charge >= 0.3 is 5.97 Å². The van der Waals surface area contributed by atoms with E-state index in [1.54, 1.807) is 6.07 Å². The van der Waals surface area contributed by atoms with Crippen LogP contribution in [0.25, 0.3) is 0 Å². The molecule has 2 unspecified atom stereocenters. The first kappa shape index (κ1) is 16.6. The predicted octanol–water partition coefficient (Wildman–Crippen LogP) is 3.42. The van der Waals surface area contributed by atoms with E-state index < -0.39 is 6.04 Å². The molecule has 0 aliphatic heterocycles. The van der Waals surface area contributed by atoms with Crippen LogP contribution in [-0.2, 0) is 14.3 Å². The Kier molecular flexibility index (Phi) is 6.01. The van der Waals surface area contributed by atoms with E-state index in [2.05, 4.69) is 11.4 Å². The molecule has 118 valence electrons. The maximum absolute atomic E-state index is 12.4. The Balaban J connectivity index is 2.14. The number of nitrogens with one attached hydrogen (secondary N) is 1. The second-order valence-corrected chi connectivity index (χ2v) is 5.75. The maximum Gasteiger partial charge on any atom is 0.307 e. The van der Waals surface area contributed by atoms with Gasteiger partial charge in [-0.1, -0.05) is 42.0 Å². The molecule has 5 heteroatoms. The molecule has 4 nitrogen and oxygen atoms in total. The van der Waals surface area contributed by atoms with E-state index >= 15 is 0 Å². The van der Waals surface area contributed by atoms with E-state index in [0.717, 1.165) is 24.8 Å². The molecule has 0 aromatic heterocycles. The molecule has 22 heavy (non-hydrogen) atoms. The third-order valence-corrected chi connectivity index (χ3v) is 4.18. The number of benzene rings is 1. The van der Waals surface area contributed by atoms with Crippen molar-refractivity contribution >= 4 is 23.5 Å². The molecule has 0 spiro atoms. The molecular weight excluding hydrogens is 302 g/mol. The number of halogens is 1. The molecular formula is C17H20ClNO3. The number of rotatable bonds is 5. The number of amides is 1. The molecule has 0 saturated heterocycles. The number of allylic oxidation sites excluding steroid dienone is 2. The summed E-state index contributed by atoms with van der Waals surface area (Å²) in [5.41, 5.74) is 0.731. The summed E-state index contributed by atoms with van der Waals surface area (Å²) in [4.78, 5) is 24.1. The van der Waals surface area contributed by atoms with E-state index in [-0.39, 0.29) is 24.2 Å². The van der Waals surface area contributed by atoms with Gasteiger partial charge in [0, 0.05) is 10.9 Å². The number of esters is 1. The molecule has 1 N–H and O–H groups in total. The summed E-state index contributed by atoms with van der Waals surface area (Å²) in [7, 11) is 1.33. The summed E-state index contributed by atoms with van der Waals surface area (Å²) in [6.45, 7) is 0. The molecule has 1 amide bonds. The zero-order chi connectivity index (χ0) is 15.9. The lowest BCUT2D eigenvalue weighted by molar-refractivity contribution is -0.141. The summed E-state index contributed by atoms with van der Waals surface area (Å²) < 4.78 is 4.72. The Bertz CT molecular complexity index is 571. The summed E-state index contributed by atoms with van der Waals surface area (Å²) in [6.07, 6.45) is 6.65. The van der Waals surface area contributed by atoms with Gasteiger partial charge in [0.1, 0.15) is 0 Å². The zero-order valence-corrected chi connectivity index (χ0v) is 13.3. The summed E-state index contributed by atoms with van der Waals surface area (Å²) >= 11 is 6.20. The summed E-state index contributed by atoms with van der Waals surface area (Å²) in [5, 5.41) is 3.48. The summed E-state index contributed by atoms with van der Waals surface area (Å²) in [5.74, 6) is -0.473. The topological polar surface area (TPSA) is 55.4 Å². The van der Waals surface area contributed by atoms with Crippen molar-refractivity contribution in [3.63, 3.8) is 0 Å². The fraction of sp³-hybridized carbons (Fsp3) is 0.412. The second kappa shape index (κ2) is 7.99. The Hall–Kier alpha value is -1.81. The highest BCUT2D eigenvalue weighted by Crippen LogP contribution is 2.27. The Labute approximate surface area is 135 Å². The van der Waals surface area contributed by atoms with Gasteiger partial charge in [-0.25, -0.2) is 0 Å². The number of ether oxygens (including phenoxy) is 1. The van der Waals surface area contributed by atoms with Gasteiger partial charge in [-0.3, -0.25) is 9.59 Å². The van der Waals surface area contributed by atoms with Crippen LogP contribution in [0.5, 0.6) is 0 Å².